The van der Waals surface area contributed by atoms with Gasteiger partial charge in [-0.15, -0.1) is 0 Å². The minimum absolute atomic E-state index is 0.154. The van der Waals surface area contributed by atoms with Crippen LogP contribution in [0.15, 0.2) is 28.5 Å². The van der Waals surface area contributed by atoms with Crippen molar-refractivity contribution in [1.82, 2.24) is 24.4 Å². The fourth-order valence-corrected chi connectivity index (χ4v) is 6.24. The number of nitrogen functional groups attached to an aromatic ring is 1. The van der Waals surface area contributed by atoms with Crippen molar-refractivity contribution in [1.29, 1.82) is 0 Å². The summed E-state index contributed by atoms with van der Waals surface area (Å²) in [6.07, 6.45) is 5.78. The van der Waals surface area contributed by atoms with Crippen LogP contribution < -0.4 is 20.1 Å². The molecule has 2 N–H and O–H groups in total. The number of aromatic nitrogens is 4. The Morgan fingerprint density at radius 2 is 1.94 bits per heavy atom. The summed E-state index contributed by atoms with van der Waals surface area (Å²) in [5, 5.41) is 0.829. The third kappa shape index (κ3) is 4.40. The Hall–Kier alpha value is -3.21. The average molecular weight is 510 g/mol. The van der Waals surface area contributed by atoms with Crippen molar-refractivity contribution >= 4 is 40.3 Å². The number of nitrogens with two attached hydrogens (primary N) is 1. The second-order valence-electron chi connectivity index (χ2n) is 9.65. The molecule has 0 spiro atoms. The van der Waals surface area contributed by atoms with Crippen LogP contribution in [-0.4, -0.2) is 69.7 Å². The van der Waals surface area contributed by atoms with Gasteiger partial charge in [-0.25, -0.2) is 15.0 Å². The number of nitrogens with zero attached hydrogens (tertiary/aromatic N) is 6. The lowest BCUT2D eigenvalue weighted by atomic mass is 9.95. The lowest BCUT2D eigenvalue weighted by molar-refractivity contribution is -0.130. The zero-order chi connectivity index (χ0) is 24.6. The van der Waals surface area contributed by atoms with Crippen LogP contribution >= 0.6 is 11.8 Å². The van der Waals surface area contributed by atoms with Crippen LogP contribution in [0.5, 0.6) is 11.5 Å². The van der Waals surface area contributed by atoms with E-state index in [1.807, 2.05) is 4.90 Å². The molecule has 3 aliphatic heterocycles. The quantitative estimate of drug-likeness (QED) is 0.535. The van der Waals surface area contributed by atoms with E-state index in [-0.39, 0.29) is 5.91 Å². The van der Waals surface area contributed by atoms with Crippen molar-refractivity contribution in [2.45, 2.75) is 49.2 Å². The highest BCUT2D eigenvalue weighted by Crippen LogP contribution is 2.45. The Bertz CT molecular complexity index is 1290. The van der Waals surface area contributed by atoms with E-state index in [0.29, 0.717) is 30.5 Å². The molecule has 3 aromatic rings. The molecule has 0 aliphatic carbocycles. The third-order valence-electron chi connectivity index (χ3n) is 7.27. The molecule has 3 aliphatic rings. The molecule has 1 aromatic carbocycles. The molecule has 190 valence electrons. The van der Waals surface area contributed by atoms with Gasteiger partial charge in [0, 0.05) is 56.7 Å². The molecular formula is C25H31N7O3S. The first-order valence-electron chi connectivity index (χ1n) is 12.7. The maximum Gasteiger partial charge on any atom is 0.219 e. The van der Waals surface area contributed by atoms with Crippen LogP contribution in [0, 0.1) is 5.92 Å². The van der Waals surface area contributed by atoms with Gasteiger partial charge in [0.25, 0.3) is 0 Å². The maximum atomic E-state index is 11.9. The van der Waals surface area contributed by atoms with E-state index in [4.69, 9.17) is 20.2 Å². The van der Waals surface area contributed by atoms with Crippen LogP contribution in [0.2, 0.25) is 0 Å². The molecule has 6 rings (SSSR count). The number of piperidine rings is 1. The molecular weight excluding hydrogens is 478 g/mol. The lowest BCUT2D eigenvalue weighted by Crippen LogP contribution is -2.38. The van der Waals surface area contributed by atoms with Crippen LogP contribution in [0.25, 0.3) is 11.2 Å². The Morgan fingerprint density at radius 1 is 1.14 bits per heavy atom. The molecule has 10 nitrogen and oxygen atoms in total. The summed E-state index contributed by atoms with van der Waals surface area (Å²) in [7, 11) is 0. The van der Waals surface area contributed by atoms with E-state index >= 15 is 0 Å². The number of amides is 1. The van der Waals surface area contributed by atoms with E-state index in [1.165, 1.54) is 12.7 Å². The number of likely N-dealkylation sites (tertiary alicyclic amines) is 1. The highest BCUT2D eigenvalue weighted by Gasteiger charge is 2.26. The van der Waals surface area contributed by atoms with Gasteiger partial charge in [-0.05, 0) is 43.4 Å². The number of carbonyl (C=O) groups is 1. The van der Waals surface area contributed by atoms with Gasteiger partial charge in [-0.1, -0.05) is 0 Å². The molecule has 36 heavy (non-hydrogen) atoms. The number of imidazole rings is 1. The molecule has 0 radical (unpaired) electrons. The molecule has 1 amide bonds. The van der Waals surface area contributed by atoms with E-state index in [0.717, 1.165) is 84.9 Å². The van der Waals surface area contributed by atoms with Gasteiger partial charge in [-0.2, -0.15) is 0 Å². The van der Waals surface area contributed by atoms with E-state index < -0.39 is 0 Å². The fraction of sp³-hybridized carbons (Fsp3) is 0.520. The Labute approximate surface area is 214 Å². The number of hydrogen-bond acceptors (Lipinski definition) is 9. The summed E-state index contributed by atoms with van der Waals surface area (Å²) >= 11 is 1.60. The smallest absolute Gasteiger partial charge is 0.219 e. The Kier molecular flexibility index (Phi) is 6.24. The molecule has 5 heterocycles. The lowest BCUT2D eigenvalue weighted by Gasteiger charge is -2.35. The van der Waals surface area contributed by atoms with Gasteiger partial charge in [0.1, 0.15) is 19.5 Å². The van der Waals surface area contributed by atoms with Crippen LogP contribution in [0.1, 0.15) is 32.6 Å². The molecule has 2 saturated heterocycles. The molecule has 2 aromatic heterocycles. The number of aryl methyl sites for hydroxylation is 1. The maximum absolute atomic E-state index is 11.9. The summed E-state index contributed by atoms with van der Waals surface area (Å²) in [6.45, 7) is 7.22. The van der Waals surface area contributed by atoms with Gasteiger partial charge < -0.3 is 29.6 Å². The monoisotopic (exact) mass is 509 g/mol. The predicted molar refractivity (Wildman–Crippen MR) is 138 cm³/mol. The first-order chi connectivity index (χ1) is 17.6. The van der Waals surface area contributed by atoms with Gasteiger partial charge in [0.05, 0.1) is 5.69 Å². The van der Waals surface area contributed by atoms with Gasteiger partial charge in [0.2, 0.25) is 5.91 Å². The molecule has 0 saturated carbocycles. The van der Waals surface area contributed by atoms with Crippen molar-refractivity contribution in [2.24, 2.45) is 5.92 Å². The van der Waals surface area contributed by atoms with Crippen LogP contribution in [0.4, 0.5) is 11.5 Å². The number of fused-ring (bicyclic) bond motifs is 2. The van der Waals surface area contributed by atoms with Gasteiger partial charge >= 0.3 is 0 Å². The summed E-state index contributed by atoms with van der Waals surface area (Å²) in [5.74, 6) is 2.54. The number of carbonyl (C=O) groups excluding carboxylic acids is 1. The zero-order valence-corrected chi connectivity index (χ0v) is 21.3. The fourth-order valence-electron chi connectivity index (χ4n) is 5.16. The van der Waals surface area contributed by atoms with Gasteiger partial charge in [-0.3, -0.25) is 4.79 Å². The molecule has 1 unspecified atom stereocenters. The zero-order valence-electron chi connectivity index (χ0n) is 20.5. The Balaban J connectivity index is 1.33. The topological polar surface area (TPSA) is 112 Å². The molecule has 0 bridgehead atoms. The SMILES string of the molecule is CC(=O)N1CCCC(CCn2c(Sc3cc4c(cc3N3CCC3)OCCO4)nc3c(N)ncnc32)C1. The van der Waals surface area contributed by atoms with Gasteiger partial charge in [0.15, 0.2) is 33.6 Å². The van der Waals surface area contributed by atoms with Crippen molar-refractivity contribution in [3.63, 3.8) is 0 Å². The summed E-state index contributed by atoms with van der Waals surface area (Å²) in [4.78, 5) is 30.9. The average Bonchev–Trinajstić information content (AvgIpc) is 3.20. The molecule has 1 atom stereocenters. The van der Waals surface area contributed by atoms with E-state index in [2.05, 4.69) is 31.6 Å². The third-order valence-corrected chi connectivity index (χ3v) is 8.31. The standard InChI is InChI=1S/C25H31N7O3S/c1-16(33)31-6-2-4-17(14-31)5-9-32-24-22(23(26)27-15-28-24)29-25(32)36-21-13-20-19(34-10-11-35-20)12-18(21)30-7-3-8-30/h12-13,15,17H,2-11,14H2,1H3,(H2,26,27,28). The second-order valence-corrected chi connectivity index (χ2v) is 10.7. The summed E-state index contributed by atoms with van der Waals surface area (Å²) < 4.78 is 13.9. The minimum atomic E-state index is 0.154. The molecule has 11 heteroatoms. The largest absolute Gasteiger partial charge is 0.486 e. The van der Waals surface area contributed by atoms with E-state index in [9.17, 15) is 4.79 Å². The van der Waals surface area contributed by atoms with Crippen LogP contribution in [0.3, 0.4) is 0 Å². The predicted octanol–water partition coefficient (Wildman–Crippen LogP) is 3.19. The second kappa shape index (κ2) is 9.68. The summed E-state index contributed by atoms with van der Waals surface area (Å²) in [5.41, 5.74) is 8.70. The van der Waals surface area contributed by atoms with Crippen molar-refractivity contribution in [3.05, 3.63) is 18.5 Å². The number of ether oxygens (including phenoxy) is 2. The minimum Gasteiger partial charge on any atom is -0.486 e. The number of anilines is 2. The van der Waals surface area contributed by atoms with Crippen molar-refractivity contribution in [3.8, 4) is 11.5 Å². The van der Waals surface area contributed by atoms with Crippen LogP contribution in [-0.2, 0) is 11.3 Å². The first kappa shape index (κ1) is 23.2. The van der Waals surface area contributed by atoms with E-state index in [1.54, 1.807) is 18.7 Å². The highest BCUT2D eigenvalue weighted by molar-refractivity contribution is 7.99. The Morgan fingerprint density at radius 3 is 2.69 bits per heavy atom. The number of rotatable bonds is 6. The number of benzene rings is 1. The summed E-state index contributed by atoms with van der Waals surface area (Å²) in [6, 6.07) is 4.16. The highest BCUT2D eigenvalue weighted by atomic mass is 32.2. The number of hydrogen-bond donors (Lipinski definition) is 1. The molecule has 2 fully saturated rings. The first-order valence-corrected chi connectivity index (χ1v) is 13.5. The normalized spacial score (nSPS) is 19.4. The van der Waals surface area contributed by atoms with Crippen molar-refractivity contribution < 1.29 is 14.3 Å². The van der Waals surface area contributed by atoms with Crippen molar-refractivity contribution in [2.75, 3.05) is 50.0 Å².